The number of fused-ring (bicyclic) bond motifs is 1. The molecule has 0 bridgehead atoms. The summed E-state index contributed by atoms with van der Waals surface area (Å²) in [6.07, 6.45) is 0.125. The Morgan fingerprint density at radius 3 is 2.38 bits per heavy atom. The Bertz CT molecular complexity index is 1070. The number of hydrogen-bond donors (Lipinski definition) is 0. The largest absolute Gasteiger partial charge is 0.442 e. The number of carbonyl (C=O) groups excluding carboxylic acids is 1. The predicted octanol–water partition coefficient (Wildman–Crippen LogP) is 1.99. The van der Waals surface area contributed by atoms with Gasteiger partial charge in [-0.3, -0.25) is 4.79 Å². The normalized spacial score (nSPS) is 13.7. The van der Waals surface area contributed by atoms with E-state index in [4.69, 9.17) is 4.74 Å². The minimum Gasteiger partial charge on any atom is -0.442 e. The molecule has 1 heterocycles. The fourth-order valence-corrected chi connectivity index (χ4v) is 6.24. The molecule has 0 aliphatic rings. The molecule has 0 spiro atoms. The topological polar surface area (TPSA) is 99.5 Å². The maximum atomic E-state index is 13.7. The van der Waals surface area contributed by atoms with Gasteiger partial charge < -0.3 is 9.30 Å². The first kappa shape index (κ1) is 20.4. The number of benzene rings is 1. The van der Waals surface area contributed by atoms with E-state index in [1.165, 1.54) is 30.5 Å². The van der Waals surface area contributed by atoms with Gasteiger partial charge in [0.15, 0.2) is 16.1 Å². The molecular weight excluding hydrogens is 385 g/mol. The second-order valence-electron chi connectivity index (χ2n) is 6.10. The van der Waals surface area contributed by atoms with Crippen molar-refractivity contribution < 1.29 is 30.8 Å². The molecule has 1 unspecified atom stereocenters. The molecule has 0 saturated carbocycles. The van der Waals surface area contributed by atoms with Crippen LogP contribution in [0.1, 0.15) is 25.8 Å². The summed E-state index contributed by atoms with van der Waals surface area (Å²) in [6, 6.07) is 3.64. The van der Waals surface area contributed by atoms with Gasteiger partial charge in [0.2, 0.25) is 0 Å². The fourth-order valence-electron chi connectivity index (χ4n) is 2.90. The van der Waals surface area contributed by atoms with Crippen LogP contribution in [0.2, 0.25) is 0 Å². The minimum absolute atomic E-state index is 0.120. The van der Waals surface area contributed by atoms with Crippen LogP contribution in [-0.2, 0) is 29.2 Å². The number of sulfone groups is 2. The summed E-state index contributed by atoms with van der Waals surface area (Å²) in [4.78, 5) is 11.1. The van der Waals surface area contributed by atoms with Crippen LogP contribution < -0.4 is 0 Å². The van der Waals surface area contributed by atoms with E-state index in [-0.39, 0.29) is 16.0 Å². The van der Waals surface area contributed by atoms with Crippen LogP contribution in [-0.4, -0.2) is 45.1 Å². The third-order valence-corrected chi connectivity index (χ3v) is 6.97. The molecule has 0 aliphatic heterocycles. The second-order valence-corrected chi connectivity index (χ2v) is 10.4. The number of halogens is 1. The lowest BCUT2D eigenvalue weighted by Crippen LogP contribution is -2.18. The maximum absolute atomic E-state index is 13.7. The summed E-state index contributed by atoms with van der Waals surface area (Å²) in [5.41, 5.74) is 0.614. The fraction of sp³-hybridized carbons (Fsp3) is 0.438. The van der Waals surface area contributed by atoms with Gasteiger partial charge in [-0.2, -0.15) is 0 Å². The molecule has 0 saturated heterocycles. The zero-order valence-corrected chi connectivity index (χ0v) is 16.4. The van der Waals surface area contributed by atoms with Gasteiger partial charge in [-0.25, -0.2) is 21.2 Å². The molecule has 0 aliphatic carbocycles. The maximum Gasteiger partial charge on any atom is 0.304 e. The van der Waals surface area contributed by atoms with E-state index >= 15 is 0 Å². The molecule has 10 heteroatoms. The van der Waals surface area contributed by atoms with Crippen LogP contribution in [0.15, 0.2) is 23.1 Å². The third-order valence-electron chi connectivity index (χ3n) is 3.89. The molecule has 7 nitrogen and oxygen atoms in total. The van der Waals surface area contributed by atoms with Crippen molar-refractivity contribution >= 4 is 36.5 Å². The minimum atomic E-state index is -4.02. The quantitative estimate of drug-likeness (QED) is 0.682. The summed E-state index contributed by atoms with van der Waals surface area (Å²) in [5.74, 6) is -2.35. The van der Waals surface area contributed by atoms with Gasteiger partial charge in [-0.15, -0.1) is 0 Å². The van der Waals surface area contributed by atoms with E-state index in [0.717, 1.165) is 12.3 Å². The van der Waals surface area contributed by atoms with Crippen molar-refractivity contribution in [2.24, 2.45) is 0 Å². The van der Waals surface area contributed by atoms with Crippen LogP contribution in [0.3, 0.4) is 0 Å². The molecule has 0 radical (unpaired) electrons. The Labute approximate surface area is 151 Å². The summed E-state index contributed by atoms with van der Waals surface area (Å²) in [6.45, 7) is 4.29. The summed E-state index contributed by atoms with van der Waals surface area (Å²) in [7, 11) is -7.51. The van der Waals surface area contributed by atoms with E-state index in [2.05, 4.69) is 0 Å². The first-order chi connectivity index (χ1) is 11.8. The van der Waals surface area contributed by atoms with Crippen molar-refractivity contribution in [3.63, 3.8) is 0 Å². The standard InChI is InChI=1S/C16H20FNO6S2/c1-10-16(26(22,23)8-7-25(4,20)21)14-9-13(17)5-6-15(14)18(10)11(2)24-12(3)19/h5-6,9,11H,7-8H2,1-4H3. The van der Waals surface area contributed by atoms with E-state index < -0.39 is 49.2 Å². The van der Waals surface area contributed by atoms with Crippen LogP contribution in [0.4, 0.5) is 4.39 Å². The summed E-state index contributed by atoms with van der Waals surface area (Å²) < 4.78 is 68.6. The number of ether oxygens (including phenoxy) is 1. The molecule has 0 fully saturated rings. The van der Waals surface area contributed by atoms with Gasteiger partial charge in [0.05, 0.1) is 21.9 Å². The molecule has 0 N–H and O–H groups in total. The average molecular weight is 405 g/mol. The average Bonchev–Trinajstić information content (AvgIpc) is 2.75. The molecule has 0 amide bonds. The van der Waals surface area contributed by atoms with Gasteiger partial charge in [-0.05, 0) is 32.0 Å². The molecule has 2 rings (SSSR count). The van der Waals surface area contributed by atoms with Gasteiger partial charge in [-0.1, -0.05) is 0 Å². The van der Waals surface area contributed by atoms with E-state index in [1.807, 2.05) is 0 Å². The highest BCUT2D eigenvalue weighted by molar-refractivity contribution is 7.95. The number of rotatable bonds is 6. The Morgan fingerprint density at radius 2 is 1.85 bits per heavy atom. The molecule has 1 aromatic heterocycles. The molecule has 26 heavy (non-hydrogen) atoms. The molecule has 1 atom stereocenters. The first-order valence-electron chi connectivity index (χ1n) is 7.71. The summed E-state index contributed by atoms with van der Waals surface area (Å²) >= 11 is 0. The van der Waals surface area contributed by atoms with Crippen molar-refractivity contribution in [2.45, 2.75) is 31.9 Å². The highest BCUT2D eigenvalue weighted by Gasteiger charge is 2.28. The lowest BCUT2D eigenvalue weighted by molar-refractivity contribution is -0.149. The van der Waals surface area contributed by atoms with Crippen LogP contribution in [0.25, 0.3) is 10.9 Å². The van der Waals surface area contributed by atoms with Gasteiger partial charge in [0, 0.05) is 24.3 Å². The van der Waals surface area contributed by atoms with E-state index in [0.29, 0.717) is 5.52 Å². The van der Waals surface area contributed by atoms with Crippen LogP contribution in [0.5, 0.6) is 0 Å². The third kappa shape index (κ3) is 4.24. The predicted molar refractivity (Wildman–Crippen MR) is 94.9 cm³/mol. The Hall–Kier alpha value is -1.94. The number of nitrogens with zero attached hydrogens (tertiary/aromatic N) is 1. The first-order valence-corrected chi connectivity index (χ1v) is 11.4. The smallest absolute Gasteiger partial charge is 0.304 e. The Balaban J connectivity index is 2.71. The number of carbonyl (C=O) groups is 1. The number of esters is 1. The number of hydrogen-bond acceptors (Lipinski definition) is 6. The van der Waals surface area contributed by atoms with E-state index in [9.17, 15) is 26.0 Å². The number of aromatic nitrogens is 1. The van der Waals surface area contributed by atoms with Gasteiger partial charge >= 0.3 is 5.97 Å². The van der Waals surface area contributed by atoms with E-state index in [1.54, 1.807) is 6.92 Å². The van der Waals surface area contributed by atoms with Crippen molar-refractivity contribution in [3.8, 4) is 0 Å². The highest BCUT2D eigenvalue weighted by Crippen LogP contribution is 2.34. The Kier molecular flexibility index (Phi) is 5.48. The summed E-state index contributed by atoms with van der Waals surface area (Å²) in [5, 5.41) is 0.120. The lowest BCUT2D eigenvalue weighted by atomic mass is 10.2. The van der Waals surface area contributed by atoms with Crippen molar-refractivity contribution in [1.82, 2.24) is 4.57 Å². The lowest BCUT2D eigenvalue weighted by Gasteiger charge is -2.17. The van der Waals surface area contributed by atoms with Crippen LogP contribution in [0, 0.1) is 12.7 Å². The zero-order chi connectivity index (χ0) is 19.9. The molecular formula is C16H20FNO6S2. The van der Waals surface area contributed by atoms with Crippen molar-refractivity contribution in [1.29, 1.82) is 0 Å². The Morgan fingerprint density at radius 1 is 1.23 bits per heavy atom. The highest BCUT2D eigenvalue weighted by atomic mass is 32.2. The van der Waals surface area contributed by atoms with Gasteiger partial charge in [0.1, 0.15) is 15.7 Å². The monoisotopic (exact) mass is 405 g/mol. The SMILES string of the molecule is CC(=O)OC(C)n1c(C)c(S(=O)(=O)CCS(C)(=O)=O)c2cc(F)ccc21. The van der Waals surface area contributed by atoms with Crippen LogP contribution >= 0.6 is 0 Å². The van der Waals surface area contributed by atoms with Gasteiger partial charge in [0.25, 0.3) is 0 Å². The van der Waals surface area contributed by atoms with Crippen molar-refractivity contribution in [2.75, 3.05) is 17.8 Å². The molecule has 1 aromatic carbocycles. The molecule has 2 aromatic rings. The zero-order valence-electron chi connectivity index (χ0n) is 14.8. The van der Waals surface area contributed by atoms with Crippen molar-refractivity contribution in [3.05, 3.63) is 29.7 Å². The molecule has 144 valence electrons. The second kappa shape index (κ2) is 6.99.